The molecule has 28 heavy (non-hydrogen) atoms. The average molecular weight is 383 g/mol. The molecule has 1 saturated heterocycles. The number of ketones is 2. The number of ether oxygens (including phenoxy) is 1. The molecule has 2 aromatic rings. The van der Waals surface area contributed by atoms with Gasteiger partial charge in [-0.3, -0.25) is 19.7 Å². The Bertz CT molecular complexity index is 903. The van der Waals surface area contributed by atoms with E-state index in [0.29, 0.717) is 37.2 Å². The van der Waals surface area contributed by atoms with Gasteiger partial charge in [0.05, 0.1) is 4.92 Å². The van der Waals surface area contributed by atoms with Gasteiger partial charge in [0.15, 0.2) is 5.78 Å². The van der Waals surface area contributed by atoms with Crippen molar-refractivity contribution >= 4 is 23.1 Å². The van der Waals surface area contributed by atoms with E-state index in [1.165, 1.54) is 19.1 Å². The molecule has 0 unspecified atom stereocenters. The van der Waals surface area contributed by atoms with E-state index in [0.717, 1.165) is 0 Å². The number of hydrogen-bond acceptors (Lipinski definition) is 7. The van der Waals surface area contributed by atoms with Crippen molar-refractivity contribution in [3.63, 3.8) is 0 Å². The zero-order valence-electron chi connectivity index (χ0n) is 15.8. The van der Waals surface area contributed by atoms with Crippen LogP contribution in [0.15, 0.2) is 36.4 Å². The van der Waals surface area contributed by atoms with E-state index in [1.54, 1.807) is 31.2 Å². The minimum Gasteiger partial charge on any atom is -0.439 e. The minimum absolute atomic E-state index is 0.00507. The molecule has 3 rings (SSSR count). The number of hydrogen-bond donors (Lipinski definition) is 0. The molecule has 1 aliphatic rings. The van der Waals surface area contributed by atoms with Crippen molar-refractivity contribution < 1.29 is 19.2 Å². The lowest BCUT2D eigenvalue weighted by molar-refractivity contribution is -0.384. The van der Waals surface area contributed by atoms with Gasteiger partial charge in [0.1, 0.15) is 11.5 Å². The number of rotatable bonds is 6. The number of nitrogens with zero attached hydrogens (tertiary/aromatic N) is 3. The van der Waals surface area contributed by atoms with Crippen molar-refractivity contribution in [2.45, 2.75) is 26.7 Å². The lowest BCUT2D eigenvalue weighted by atomic mass is 9.93. The Balaban J connectivity index is 1.82. The summed E-state index contributed by atoms with van der Waals surface area (Å²) in [5, 5.41) is 11.4. The molecule has 0 atom stereocenters. The summed E-state index contributed by atoms with van der Waals surface area (Å²) in [6.07, 6.45) is 1.29. The summed E-state index contributed by atoms with van der Waals surface area (Å²) >= 11 is 0. The highest BCUT2D eigenvalue weighted by molar-refractivity contribution is 5.94. The number of benzene rings is 1. The van der Waals surface area contributed by atoms with E-state index >= 15 is 0 Å². The SMILES string of the molecule is CC(=O)c1ccc(Oc2ccc([N+](=O)[O-])c(N3CCC(C(C)=O)CC3)n2)cc1. The Hall–Kier alpha value is -3.29. The third kappa shape index (κ3) is 4.33. The summed E-state index contributed by atoms with van der Waals surface area (Å²) in [6, 6.07) is 9.42. The minimum atomic E-state index is -0.467. The Kier molecular flexibility index (Phi) is 5.67. The predicted molar refractivity (Wildman–Crippen MR) is 103 cm³/mol. The van der Waals surface area contributed by atoms with Gasteiger partial charge in [-0.2, -0.15) is 4.98 Å². The third-order valence-corrected chi connectivity index (χ3v) is 4.88. The summed E-state index contributed by atoms with van der Waals surface area (Å²) in [7, 11) is 0. The Morgan fingerprint density at radius 1 is 1.11 bits per heavy atom. The van der Waals surface area contributed by atoms with Crippen LogP contribution in [0.25, 0.3) is 0 Å². The van der Waals surface area contributed by atoms with Crippen LogP contribution in [0.4, 0.5) is 11.5 Å². The van der Waals surface area contributed by atoms with Gasteiger partial charge in [0.25, 0.3) is 0 Å². The van der Waals surface area contributed by atoms with Gasteiger partial charge in [0, 0.05) is 36.7 Å². The number of carbonyl (C=O) groups is 2. The first-order chi connectivity index (χ1) is 13.3. The van der Waals surface area contributed by atoms with Gasteiger partial charge < -0.3 is 9.64 Å². The normalized spacial score (nSPS) is 14.6. The lowest BCUT2D eigenvalue weighted by Gasteiger charge is -2.31. The zero-order chi connectivity index (χ0) is 20.3. The smallest absolute Gasteiger partial charge is 0.311 e. The highest BCUT2D eigenvalue weighted by atomic mass is 16.6. The molecule has 8 heteroatoms. The highest BCUT2D eigenvalue weighted by Gasteiger charge is 2.28. The Labute approximate surface area is 162 Å². The van der Waals surface area contributed by atoms with Gasteiger partial charge in [-0.1, -0.05) is 0 Å². The molecule has 0 radical (unpaired) electrons. The first-order valence-electron chi connectivity index (χ1n) is 9.05. The van der Waals surface area contributed by atoms with Crippen LogP contribution in [0.3, 0.4) is 0 Å². The number of aromatic nitrogens is 1. The molecule has 0 amide bonds. The van der Waals surface area contributed by atoms with Crippen LogP contribution in [0.1, 0.15) is 37.0 Å². The maximum Gasteiger partial charge on any atom is 0.311 e. The van der Waals surface area contributed by atoms with Crippen molar-refractivity contribution in [1.82, 2.24) is 4.98 Å². The monoisotopic (exact) mass is 383 g/mol. The molecular weight excluding hydrogens is 362 g/mol. The van der Waals surface area contributed by atoms with Gasteiger partial charge in [0.2, 0.25) is 11.7 Å². The number of nitro groups is 1. The molecule has 0 bridgehead atoms. The fraction of sp³-hybridized carbons (Fsp3) is 0.350. The van der Waals surface area contributed by atoms with E-state index < -0.39 is 4.92 Å². The second-order valence-corrected chi connectivity index (χ2v) is 6.80. The summed E-state index contributed by atoms with van der Waals surface area (Å²) < 4.78 is 5.71. The molecule has 1 aromatic heterocycles. The van der Waals surface area contributed by atoms with Crippen molar-refractivity contribution in [3.05, 3.63) is 52.1 Å². The maximum absolute atomic E-state index is 11.6. The van der Waals surface area contributed by atoms with Crippen LogP contribution in [0, 0.1) is 16.0 Å². The van der Waals surface area contributed by atoms with E-state index in [-0.39, 0.29) is 34.9 Å². The van der Waals surface area contributed by atoms with Gasteiger partial charge in [-0.25, -0.2) is 0 Å². The van der Waals surface area contributed by atoms with E-state index in [1.807, 2.05) is 4.90 Å². The van der Waals surface area contributed by atoms with Gasteiger partial charge in [-0.15, -0.1) is 0 Å². The van der Waals surface area contributed by atoms with Crippen LogP contribution < -0.4 is 9.64 Å². The molecule has 0 aliphatic carbocycles. The molecule has 8 nitrogen and oxygen atoms in total. The largest absolute Gasteiger partial charge is 0.439 e. The molecule has 0 N–H and O–H groups in total. The van der Waals surface area contributed by atoms with Crippen molar-refractivity contribution in [2.75, 3.05) is 18.0 Å². The van der Waals surface area contributed by atoms with Crippen molar-refractivity contribution in [2.24, 2.45) is 5.92 Å². The lowest BCUT2D eigenvalue weighted by Crippen LogP contribution is -2.36. The first kappa shape index (κ1) is 19.5. The van der Waals surface area contributed by atoms with E-state index in [2.05, 4.69) is 4.98 Å². The number of pyridine rings is 1. The zero-order valence-corrected chi connectivity index (χ0v) is 15.8. The van der Waals surface area contributed by atoms with E-state index in [4.69, 9.17) is 4.74 Å². The number of piperidine rings is 1. The van der Waals surface area contributed by atoms with Gasteiger partial charge in [-0.05, 0) is 51.0 Å². The van der Waals surface area contributed by atoms with Crippen LogP contribution in [-0.4, -0.2) is 34.6 Å². The molecule has 2 heterocycles. The van der Waals surface area contributed by atoms with Crippen molar-refractivity contribution in [1.29, 1.82) is 0 Å². The average Bonchev–Trinajstić information content (AvgIpc) is 2.68. The summed E-state index contributed by atoms with van der Waals surface area (Å²) in [6.45, 7) is 4.10. The predicted octanol–water partition coefficient (Wildman–Crippen LogP) is 3.79. The molecule has 1 fully saturated rings. The quantitative estimate of drug-likeness (QED) is 0.425. The van der Waals surface area contributed by atoms with Crippen LogP contribution in [-0.2, 0) is 4.79 Å². The van der Waals surface area contributed by atoms with Crippen LogP contribution in [0.5, 0.6) is 11.6 Å². The second kappa shape index (κ2) is 8.16. The Morgan fingerprint density at radius 2 is 1.75 bits per heavy atom. The first-order valence-corrected chi connectivity index (χ1v) is 9.05. The molecule has 1 aromatic carbocycles. The topological polar surface area (TPSA) is 103 Å². The maximum atomic E-state index is 11.6. The number of anilines is 1. The number of carbonyl (C=O) groups excluding carboxylic acids is 2. The fourth-order valence-electron chi connectivity index (χ4n) is 3.23. The fourth-order valence-corrected chi connectivity index (χ4v) is 3.23. The summed E-state index contributed by atoms with van der Waals surface area (Å²) in [5.41, 5.74) is 0.471. The molecular formula is C20H21N3O5. The standard InChI is InChI=1S/C20H21N3O5/c1-13(24)15-3-5-17(6-4-15)28-19-8-7-18(23(26)27)20(21-19)22-11-9-16(10-12-22)14(2)25/h3-8,16H,9-12H2,1-2H3. The second-order valence-electron chi connectivity index (χ2n) is 6.80. The van der Waals surface area contributed by atoms with Crippen molar-refractivity contribution in [3.8, 4) is 11.6 Å². The molecule has 0 spiro atoms. The molecule has 0 saturated carbocycles. The molecule has 146 valence electrons. The van der Waals surface area contributed by atoms with Crippen LogP contribution >= 0.6 is 0 Å². The van der Waals surface area contributed by atoms with Gasteiger partial charge >= 0.3 is 5.69 Å². The summed E-state index contributed by atoms with van der Waals surface area (Å²) in [5.74, 6) is 1.04. The Morgan fingerprint density at radius 3 is 2.29 bits per heavy atom. The highest BCUT2D eigenvalue weighted by Crippen LogP contribution is 2.33. The van der Waals surface area contributed by atoms with Crippen LogP contribution in [0.2, 0.25) is 0 Å². The summed E-state index contributed by atoms with van der Waals surface area (Å²) in [4.78, 5) is 40.0. The van der Waals surface area contributed by atoms with E-state index in [9.17, 15) is 19.7 Å². The molecule has 1 aliphatic heterocycles. The third-order valence-electron chi connectivity index (χ3n) is 4.88. The number of Topliss-reactive ketones (excluding diaryl/α,β-unsaturated/α-hetero) is 2.